The van der Waals surface area contributed by atoms with Crippen LogP contribution in [0.25, 0.3) is 0 Å². The Morgan fingerprint density at radius 2 is 2.00 bits per heavy atom. The molecule has 84 valence electrons. The van der Waals surface area contributed by atoms with Crippen molar-refractivity contribution in [3.8, 4) is 6.07 Å². The Morgan fingerprint density at radius 3 is 2.71 bits per heavy atom. The second-order valence-electron chi connectivity index (χ2n) is 3.51. The molecule has 1 aromatic heterocycles. The van der Waals surface area contributed by atoms with Crippen LogP contribution < -0.4 is 5.32 Å². The fraction of sp³-hybridized carbons (Fsp3) is 0.0833. The van der Waals surface area contributed by atoms with Crippen LogP contribution in [0.3, 0.4) is 0 Å². The molecule has 1 N–H and O–H groups in total. The molecule has 1 aromatic carbocycles. The molecule has 1 heterocycles. The summed E-state index contributed by atoms with van der Waals surface area (Å²) in [7, 11) is 0. The topological polar surface area (TPSA) is 61.6 Å². The van der Waals surface area contributed by atoms with Gasteiger partial charge in [-0.15, -0.1) is 0 Å². The molecule has 17 heavy (non-hydrogen) atoms. The summed E-state index contributed by atoms with van der Waals surface area (Å²) in [6.45, 7) is 1.79. The van der Waals surface area contributed by atoms with E-state index in [-0.39, 0.29) is 11.5 Å². The van der Waals surface area contributed by atoms with Gasteiger partial charge in [0, 0.05) is 18.1 Å². The van der Waals surface area contributed by atoms with Gasteiger partial charge in [-0.05, 0) is 30.7 Å². The van der Waals surface area contributed by atoms with E-state index in [2.05, 4.69) is 15.3 Å². The molecule has 0 aliphatic carbocycles. The van der Waals surface area contributed by atoms with Crippen molar-refractivity contribution in [1.29, 1.82) is 5.26 Å². The zero-order valence-corrected chi connectivity index (χ0v) is 9.11. The predicted molar refractivity (Wildman–Crippen MR) is 61.2 cm³/mol. The van der Waals surface area contributed by atoms with Gasteiger partial charge in [-0.3, -0.25) is 0 Å². The minimum absolute atomic E-state index is 0.175. The van der Waals surface area contributed by atoms with Crippen LogP contribution in [0.1, 0.15) is 11.3 Å². The molecule has 0 atom stereocenters. The molecule has 2 aromatic rings. The zero-order valence-electron chi connectivity index (χ0n) is 9.11. The van der Waals surface area contributed by atoms with Crippen LogP contribution in [-0.2, 0) is 0 Å². The summed E-state index contributed by atoms with van der Waals surface area (Å²) in [4.78, 5) is 7.84. The summed E-state index contributed by atoms with van der Waals surface area (Å²) >= 11 is 0. The molecular formula is C12H9FN4. The van der Waals surface area contributed by atoms with Gasteiger partial charge in [-0.2, -0.15) is 5.26 Å². The lowest BCUT2D eigenvalue weighted by molar-refractivity contribution is 0.627. The van der Waals surface area contributed by atoms with Gasteiger partial charge in [0.15, 0.2) is 11.5 Å². The third-order valence-electron chi connectivity index (χ3n) is 2.11. The molecule has 4 nitrogen and oxygen atoms in total. The van der Waals surface area contributed by atoms with Crippen LogP contribution in [0.15, 0.2) is 30.6 Å². The standard InChI is InChI=1S/C12H9FN4/c1-8-4-9(13)6-10(5-8)17-12-11(7-14)15-2-3-16-12/h2-6H,1H3,(H,16,17). The molecule has 0 aliphatic heterocycles. The molecule has 0 spiro atoms. The molecule has 0 unspecified atom stereocenters. The summed E-state index contributed by atoms with van der Waals surface area (Å²) in [6, 6.07) is 6.44. The smallest absolute Gasteiger partial charge is 0.183 e. The van der Waals surface area contributed by atoms with Crippen molar-refractivity contribution in [2.24, 2.45) is 0 Å². The van der Waals surface area contributed by atoms with Crippen molar-refractivity contribution in [3.05, 3.63) is 47.7 Å². The number of anilines is 2. The summed E-state index contributed by atoms with van der Waals surface area (Å²) < 4.78 is 13.2. The first-order chi connectivity index (χ1) is 8.19. The number of rotatable bonds is 2. The second-order valence-corrected chi connectivity index (χ2v) is 3.51. The molecule has 0 fully saturated rings. The van der Waals surface area contributed by atoms with E-state index in [9.17, 15) is 4.39 Å². The van der Waals surface area contributed by atoms with Crippen LogP contribution in [-0.4, -0.2) is 9.97 Å². The van der Waals surface area contributed by atoms with Gasteiger partial charge < -0.3 is 5.32 Å². The lowest BCUT2D eigenvalue weighted by atomic mass is 10.2. The van der Waals surface area contributed by atoms with Gasteiger partial charge in [-0.25, -0.2) is 14.4 Å². The van der Waals surface area contributed by atoms with Gasteiger partial charge in [-0.1, -0.05) is 0 Å². The Labute approximate surface area is 97.8 Å². The van der Waals surface area contributed by atoms with E-state index in [4.69, 9.17) is 5.26 Å². The highest BCUT2D eigenvalue weighted by molar-refractivity contribution is 5.61. The highest BCUT2D eigenvalue weighted by Crippen LogP contribution is 2.18. The van der Waals surface area contributed by atoms with E-state index >= 15 is 0 Å². The highest BCUT2D eigenvalue weighted by Gasteiger charge is 2.05. The Bertz CT molecular complexity index is 569. The van der Waals surface area contributed by atoms with Gasteiger partial charge in [0.1, 0.15) is 11.9 Å². The van der Waals surface area contributed by atoms with Gasteiger partial charge >= 0.3 is 0 Å². The molecule has 0 saturated heterocycles. The molecule has 0 bridgehead atoms. The van der Waals surface area contributed by atoms with Crippen LogP contribution in [0.4, 0.5) is 15.9 Å². The van der Waals surface area contributed by atoms with E-state index in [1.54, 1.807) is 13.0 Å². The summed E-state index contributed by atoms with van der Waals surface area (Å²) in [5.41, 5.74) is 1.50. The van der Waals surface area contributed by atoms with Crippen molar-refractivity contribution in [1.82, 2.24) is 9.97 Å². The molecule has 5 heteroatoms. The van der Waals surface area contributed by atoms with Crippen molar-refractivity contribution in [3.63, 3.8) is 0 Å². The van der Waals surface area contributed by atoms with E-state index in [0.29, 0.717) is 11.5 Å². The Hall–Kier alpha value is -2.48. The van der Waals surface area contributed by atoms with Crippen LogP contribution in [0.5, 0.6) is 0 Å². The molecule has 0 aliphatic rings. The van der Waals surface area contributed by atoms with Crippen molar-refractivity contribution in [2.75, 3.05) is 5.32 Å². The summed E-state index contributed by atoms with van der Waals surface area (Å²) in [5, 5.41) is 11.7. The fourth-order valence-corrected chi connectivity index (χ4v) is 1.46. The van der Waals surface area contributed by atoms with Crippen LogP contribution in [0, 0.1) is 24.1 Å². The maximum Gasteiger partial charge on any atom is 0.183 e. The Morgan fingerprint density at radius 1 is 1.24 bits per heavy atom. The van der Waals surface area contributed by atoms with E-state index < -0.39 is 0 Å². The number of aryl methyl sites for hydroxylation is 1. The molecule has 0 amide bonds. The SMILES string of the molecule is Cc1cc(F)cc(Nc2nccnc2C#N)c1. The quantitative estimate of drug-likeness (QED) is 0.857. The third-order valence-corrected chi connectivity index (χ3v) is 2.11. The summed E-state index contributed by atoms with van der Waals surface area (Å²) in [5.74, 6) is -0.0186. The number of halogens is 1. The first-order valence-corrected chi connectivity index (χ1v) is 4.94. The average Bonchev–Trinajstić information content (AvgIpc) is 2.28. The number of hydrogen-bond donors (Lipinski definition) is 1. The third kappa shape index (κ3) is 2.55. The molecule has 0 radical (unpaired) electrons. The molecule has 0 saturated carbocycles. The Balaban J connectivity index is 2.35. The first kappa shape index (κ1) is 11.0. The lowest BCUT2D eigenvalue weighted by Gasteiger charge is -2.07. The average molecular weight is 228 g/mol. The van der Waals surface area contributed by atoms with Gasteiger partial charge in [0.25, 0.3) is 0 Å². The molecule has 2 rings (SSSR count). The number of aromatic nitrogens is 2. The zero-order chi connectivity index (χ0) is 12.3. The lowest BCUT2D eigenvalue weighted by Crippen LogP contribution is -1.99. The van der Waals surface area contributed by atoms with Crippen molar-refractivity contribution < 1.29 is 4.39 Å². The number of nitrogens with zero attached hydrogens (tertiary/aromatic N) is 3. The largest absolute Gasteiger partial charge is 0.338 e. The Kier molecular flexibility index (Phi) is 2.97. The normalized spacial score (nSPS) is 9.71. The van der Waals surface area contributed by atoms with Crippen LogP contribution >= 0.6 is 0 Å². The van der Waals surface area contributed by atoms with E-state index in [0.717, 1.165) is 5.56 Å². The number of benzene rings is 1. The van der Waals surface area contributed by atoms with Gasteiger partial charge in [0.05, 0.1) is 0 Å². The van der Waals surface area contributed by atoms with Crippen molar-refractivity contribution >= 4 is 11.5 Å². The van der Waals surface area contributed by atoms with E-state index in [1.807, 2.05) is 6.07 Å². The highest BCUT2D eigenvalue weighted by atomic mass is 19.1. The minimum Gasteiger partial charge on any atom is -0.338 e. The van der Waals surface area contributed by atoms with Crippen molar-refractivity contribution in [2.45, 2.75) is 6.92 Å². The maximum absolute atomic E-state index is 13.2. The minimum atomic E-state index is -0.338. The number of nitrogens with one attached hydrogen (secondary N) is 1. The molecular weight excluding hydrogens is 219 g/mol. The first-order valence-electron chi connectivity index (χ1n) is 4.94. The van der Waals surface area contributed by atoms with Crippen LogP contribution in [0.2, 0.25) is 0 Å². The maximum atomic E-state index is 13.2. The number of hydrogen-bond acceptors (Lipinski definition) is 4. The fourth-order valence-electron chi connectivity index (χ4n) is 1.46. The van der Waals surface area contributed by atoms with E-state index in [1.165, 1.54) is 24.5 Å². The summed E-state index contributed by atoms with van der Waals surface area (Å²) in [6.07, 6.45) is 2.90. The number of nitriles is 1. The monoisotopic (exact) mass is 228 g/mol. The predicted octanol–water partition coefficient (Wildman–Crippen LogP) is 2.54. The second kappa shape index (κ2) is 4.58. The van der Waals surface area contributed by atoms with Gasteiger partial charge in [0.2, 0.25) is 0 Å².